The Morgan fingerprint density at radius 2 is 0.728 bits per heavy atom. The molecule has 4 saturated heterocycles. The molecule has 3 aliphatic carbocycles. The number of aromatic nitrogens is 9. The number of hydrogen-bond acceptors (Lipinski definition) is 25. The second-order valence-corrected chi connectivity index (χ2v) is 34.0. The number of amides is 1. The van der Waals surface area contributed by atoms with E-state index in [1.54, 1.807) is 43.4 Å². The third-order valence-corrected chi connectivity index (χ3v) is 24.5. The summed E-state index contributed by atoms with van der Waals surface area (Å²) in [7, 11) is 2.14. The monoisotopic (exact) mass is 1850 g/mol. The summed E-state index contributed by atoms with van der Waals surface area (Å²) < 4.78 is 140. The van der Waals surface area contributed by atoms with Gasteiger partial charge < -0.3 is 90.1 Å². The van der Waals surface area contributed by atoms with Gasteiger partial charge in [-0.05, 0) is 170 Å². The van der Waals surface area contributed by atoms with Crippen LogP contribution in [0.1, 0.15) is 73.7 Å². The van der Waals surface area contributed by atoms with Gasteiger partial charge in [-0.25, -0.2) is 70.0 Å². The second-order valence-electron chi connectivity index (χ2n) is 34.0. The summed E-state index contributed by atoms with van der Waals surface area (Å²) >= 11 is 0. The largest absolute Gasteiger partial charge is 0.436 e. The molecule has 5 aromatic heterocycles. The van der Waals surface area contributed by atoms with Crippen molar-refractivity contribution < 1.29 is 58.9 Å². The lowest BCUT2D eigenvalue weighted by atomic mass is 10.1. The predicted molar refractivity (Wildman–Crippen MR) is 515 cm³/mol. The minimum atomic E-state index is -0.749. The number of aryl methyl sites for hydroxylation is 1. The summed E-state index contributed by atoms with van der Waals surface area (Å²) in [5, 5.41) is 18.7. The molecule has 7 N–H and O–H groups in total. The average Bonchev–Trinajstić information content (AvgIpc) is 1.62. The molecule has 702 valence electrons. The van der Waals surface area contributed by atoms with Crippen LogP contribution < -0.4 is 70.4 Å². The smallest absolute Gasteiger partial charge is 0.248 e. The number of fused-ring (bicyclic) bond motifs is 4. The summed E-state index contributed by atoms with van der Waals surface area (Å²) in [4.78, 5) is 63.7. The number of carbonyl (C=O) groups is 1. The van der Waals surface area contributed by atoms with Crippen LogP contribution in [0.15, 0.2) is 188 Å². The molecular formula is C101H102F8N22O5. The van der Waals surface area contributed by atoms with Gasteiger partial charge in [-0.2, -0.15) is 4.98 Å². The number of carbonyl (C=O) groups excluding carboxylic acids is 1. The molecule has 136 heavy (non-hydrogen) atoms. The number of likely N-dealkylation sites (N-methyl/N-ethyl adjacent to an activating group) is 3. The zero-order valence-corrected chi connectivity index (χ0v) is 76.1. The predicted octanol–water partition coefficient (Wildman–Crippen LogP) is 19.8. The van der Waals surface area contributed by atoms with Gasteiger partial charge in [0.15, 0.2) is 57.9 Å². The summed E-state index contributed by atoms with van der Waals surface area (Å²) in [6.07, 6.45) is 11.8. The van der Waals surface area contributed by atoms with Gasteiger partial charge in [-0.15, -0.1) is 0 Å². The van der Waals surface area contributed by atoms with Gasteiger partial charge in [-0.1, -0.05) is 48.8 Å². The highest BCUT2D eigenvalue weighted by molar-refractivity contribution is 5.86. The fourth-order valence-corrected chi connectivity index (χ4v) is 17.1. The maximum Gasteiger partial charge on any atom is 0.248 e. The average molecular weight is 1860 g/mol. The third kappa shape index (κ3) is 22.1. The van der Waals surface area contributed by atoms with Crippen LogP contribution in [-0.4, -0.2) is 191 Å². The van der Waals surface area contributed by atoms with Gasteiger partial charge in [0.05, 0.1) is 5.52 Å². The molecule has 0 bridgehead atoms. The molecule has 35 heteroatoms. The van der Waals surface area contributed by atoms with E-state index in [9.17, 15) is 35.5 Å². The van der Waals surface area contributed by atoms with E-state index in [1.807, 2.05) is 81.4 Å². The number of ether oxygens (including phenoxy) is 4. The van der Waals surface area contributed by atoms with Crippen LogP contribution in [0.5, 0.6) is 46.5 Å². The normalized spacial score (nSPS) is 15.2. The molecule has 0 radical (unpaired) electrons. The van der Waals surface area contributed by atoms with Crippen molar-refractivity contribution in [1.82, 2.24) is 64.9 Å². The van der Waals surface area contributed by atoms with E-state index < -0.39 is 46.5 Å². The van der Waals surface area contributed by atoms with Gasteiger partial charge in [0, 0.05) is 237 Å². The zero-order valence-electron chi connectivity index (χ0n) is 76.1. The number of nitrogens with one attached hydrogen (secondary N) is 7. The van der Waals surface area contributed by atoms with Crippen molar-refractivity contribution in [2.75, 3.05) is 171 Å². The highest BCUT2D eigenvalue weighted by atomic mass is 19.2. The number of piperazine rings is 4. The summed E-state index contributed by atoms with van der Waals surface area (Å²) in [6, 6.07) is 42.5. The van der Waals surface area contributed by atoms with Crippen LogP contribution >= 0.6 is 0 Å². The minimum Gasteiger partial charge on any atom is -0.436 e. The van der Waals surface area contributed by atoms with Crippen molar-refractivity contribution in [3.63, 3.8) is 0 Å². The first-order valence-electron chi connectivity index (χ1n) is 45.1. The highest BCUT2D eigenvalue weighted by Gasteiger charge is 2.30. The number of allylic oxidation sites excluding steroid dienone is 3. The van der Waals surface area contributed by atoms with Crippen LogP contribution in [0.3, 0.4) is 0 Å². The Labute approximate surface area is 781 Å². The fraction of sp³-hybridized carbons (Fsp3) is 0.277. The maximum atomic E-state index is 15.1. The molecule has 4 fully saturated rings. The number of anilines is 13. The third-order valence-electron chi connectivity index (χ3n) is 24.5. The Morgan fingerprint density at radius 1 is 0.382 bits per heavy atom. The van der Waals surface area contributed by atoms with E-state index in [-0.39, 0.29) is 85.6 Å². The van der Waals surface area contributed by atoms with E-state index >= 15 is 4.39 Å². The molecule has 20 rings (SSSR count). The molecule has 8 aromatic carbocycles. The first-order chi connectivity index (χ1) is 66.0. The van der Waals surface area contributed by atoms with E-state index in [1.165, 1.54) is 48.4 Å². The summed E-state index contributed by atoms with van der Waals surface area (Å²) in [5.74, 6) is -3.65. The van der Waals surface area contributed by atoms with Gasteiger partial charge in [0.1, 0.15) is 65.9 Å². The number of hydrogen-bond donors (Lipinski definition) is 7. The molecule has 0 spiro atoms. The van der Waals surface area contributed by atoms with E-state index in [2.05, 4.69) is 168 Å². The van der Waals surface area contributed by atoms with Crippen LogP contribution in [0.2, 0.25) is 0 Å². The Bertz CT molecular complexity index is 6590. The molecule has 0 atom stereocenters. The van der Waals surface area contributed by atoms with Gasteiger partial charge in [0.2, 0.25) is 29.9 Å². The van der Waals surface area contributed by atoms with Crippen molar-refractivity contribution in [2.24, 2.45) is 0 Å². The van der Waals surface area contributed by atoms with Crippen molar-refractivity contribution >= 4 is 110 Å². The lowest BCUT2D eigenvalue weighted by Crippen LogP contribution is -2.46. The van der Waals surface area contributed by atoms with E-state index in [4.69, 9.17) is 18.9 Å². The fourth-order valence-electron chi connectivity index (χ4n) is 17.1. The molecule has 0 saturated carbocycles. The first-order valence-corrected chi connectivity index (χ1v) is 45.1. The minimum absolute atomic E-state index is 0.0503. The van der Waals surface area contributed by atoms with Crippen LogP contribution in [0.4, 0.5) is 110 Å². The van der Waals surface area contributed by atoms with Crippen molar-refractivity contribution in [3.05, 3.63) is 273 Å². The number of halogens is 8. The molecule has 9 heterocycles. The van der Waals surface area contributed by atoms with Crippen LogP contribution in [0.25, 0.3) is 29.1 Å². The Balaban J connectivity index is 0.000000126. The number of H-pyrrole nitrogens is 1. The maximum absolute atomic E-state index is 15.1. The van der Waals surface area contributed by atoms with E-state index in [0.717, 1.165) is 187 Å². The molecular weight excluding hydrogens is 1750 g/mol. The Hall–Kier alpha value is -14.8. The topological polar surface area (TPSA) is 268 Å². The number of benzene rings is 8. The first kappa shape index (κ1) is 93.0. The quantitative estimate of drug-likeness (QED) is 0.0219. The number of rotatable bonds is 24. The summed E-state index contributed by atoms with van der Waals surface area (Å²) in [5.41, 5.74) is 13.2. The zero-order chi connectivity index (χ0) is 94.6. The summed E-state index contributed by atoms with van der Waals surface area (Å²) in [6.45, 7) is 30.0. The van der Waals surface area contributed by atoms with Crippen LogP contribution in [-0.2, 0) is 24.1 Å². The number of nitrogens with zero attached hydrogens (tertiary/aromatic N) is 15. The van der Waals surface area contributed by atoms with Crippen molar-refractivity contribution in [1.29, 1.82) is 0 Å². The van der Waals surface area contributed by atoms with Crippen molar-refractivity contribution in [2.45, 2.75) is 60.8 Å². The Kier molecular flexibility index (Phi) is 28.9. The molecule has 27 nitrogen and oxygen atoms in total. The molecule has 0 unspecified atom stereocenters. The van der Waals surface area contributed by atoms with Gasteiger partial charge >= 0.3 is 0 Å². The van der Waals surface area contributed by atoms with Crippen molar-refractivity contribution in [3.8, 4) is 46.5 Å². The highest BCUT2D eigenvalue weighted by Crippen LogP contribution is 2.43. The number of aromatic amines is 1. The lowest BCUT2D eigenvalue weighted by molar-refractivity contribution is -0.105. The van der Waals surface area contributed by atoms with Gasteiger partial charge in [0.25, 0.3) is 0 Å². The molecule has 1 amide bonds. The van der Waals surface area contributed by atoms with Crippen LogP contribution in [0, 0.1) is 53.5 Å². The standard InChI is InChI=1S/C26H27F2N7O2.C26H27F2N5O.C25H25F2N5O.C24H23F2N5O/c1-3-34-8-10-35(11-9-34)18-6-4-17(5-7-18)33-25-24(31-15-36)26(30-14-29-25)37-21-13-20(27)23-19(22(21)28)12-16(2)32-23;1-3-32-8-10-33(11-9-32)19-6-4-18(5-7-19)31-24-15-25(30-16-29-24)34-23-14-22(27)20-12-17(2)13-21(20)26(23)28;1-16-11-19-20(12-16)25(27)22(13-21(19)26)33-24-14-23(28-15-29-24)30-17-3-5-18(6-4-17)32-9-7-31(2)8-10-32;1-15-10-18-19(11-15)24(26)21(12-20(18)25)32-23-13-22(28-14-29-23)30-16-2-4-17(5-3-16)31-8-6-27-7-9-31/h4-7,12-15,32H,3,8-11H2,1-2H3,(H,31,36)(H,29,30,33);4-7,13-16H,3,8-12H2,1-2H3,(H,29,30,31);3-6,12-15H,7-11H2,1-2H3,(H,28,29,30);2-5,11-14,27H,6-10H2,1H3,(H,28,29,30). The lowest BCUT2D eigenvalue weighted by Gasteiger charge is -2.35. The SMILES string of the molecule is CC1=Cc2c(F)c(Oc3cc(Nc4ccc(N5CCN(C)CC5)cc4)ncn3)cc(F)c2C1.CC1=Cc2c(F)c(Oc3cc(Nc4ccc(N5CCNCC5)cc4)ncn3)cc(F)c2C1.CCN1CCN(c2ccc(Nc3cc(Oc4cc(F)c5c(c4F)C=C(C)C5)ncn3)cc2)CC1.CCN1CCN(c2ccc(Nc3ncnc(Oc4cc(F)c5[nH]c(C)cc5c4F)c3NC=O)cc2)CC1. The second kappa shape index (κ2) is 42.2. The van der Waals surface area contributed by atoms with E-state index in [0.29, 0.717) is 65.5 Å². The molecule has 7 aliphatic rings. The van der Waals surface area contributed by atoms with Gasteiger partial charge in [-0.3, -0.25) is 4.79 Å². The molecule has 4 aliphatic heterocycles. The molecule has 13 aromatic rings. The Morgan fingerprint density at radius 3 is 1.10 bits per heavy atom.